The first-order chi connectivity index (χ1) is 9.15. The van der Waals surface area contributed by atoms with E-state index in [4.69, 9.17) is 11.0 Å². The zero-order chi connectivity index (χ0) is 15.4. The molecule has 1 aliphatic carbocycles. The average Bonchev–Trinajstić information content (AvgIpc) is 2.32. The number of nitrogens with zero attached hydrogens (tertiary/aromatic N) is 3. The van der Waals surface area contributed by atoms with Crippen LogP contribution in [0.15, 0.2) is 18.3 Å². The summed E-state index contributed by atoms with van der Waals surface area (Å²) in [5.41, 5.74) is 7.49. The van der Waals surface area contributed by atoms with E-state index in [0.717, 1.165) is 4.31 Å². The van der Waals surface area contributed by atoms with Crippen LogP contribution < -0.4 is 10.5 Å². The van der Waals surface area contributed by atoms with E-state index in [1.165, 1.54) is 18.3 Å². The van der Waals surface area contributed by atoms with Gasteiger partial charge in [-0.1, -0.05) is 0 Å². The van der Waals surface area contributed by atoms with Crippen LogP contribution in [-0.4, -0.2) is 43.4 Å². The van der Waals surface area contributed by atoms with E-state index < -0.39 is 15.7 Å². The average molecular weight is 297 g/mol. The summed E-state index contributed by atoms with van der Waals surface area (Å²) in [4.78, 5) is 3.91. The maximum Gasteiger partial charge on any atom is 0.280 e. The quantitative estimate of drug-likeness (QED) is 0.759. The van der Waals surface area contributed by atoms with Gasteiger partial charge < -0.3 is 5.73 Å². The molecule has 0 aromatic carbocycles. The lowest BCUT2D eigenvalue weighted by atomic mass is 10.1. The van der Waals surface area contributed by atoms with E-state index in [9.17, 15) is 8.42 Å². The van der Waals surface area contributed by atoms with Gasteiger partial charge in [0, 0.05) is 30.9 Å². The number of fused-ring (bicyclic) bond motifs is 1. The molecule has 0 atom stereocenters. The highest BCUT2D eigenvalue weighted by Gasteiger charge is 2.20. The molecule has 0 bridgehead atoms. The lowest BCUT2D eigenvalue weighted by Crippen LogP contribution is -2.48. The normalized spacial score (nSPS) is 12.4. The summed E-state index contributed by atoms with van der Waals surface area (Å²) in [6, 6.07) is 5.81. The molecule has 2 rings (SSSR count). The molecule has 3 N–H and O–H groups in total. The van der Waals surface area contributed by atoms with Crippen molar-refractivity contribution in [3.63, 3.8) is 0 Å². The van der Waals surface area contributed by atoms with Gasteiger partial charge in [0.2, 0.25) is 0 Å². The van der Waals surface area contributed by atoms with Crippen molar-refractivity contribution in [3.8, 4) is 17.3 Å². The number of pyridine rings is 1. The third-order valence-electron chi connectivity index (χ3n) is 2.47. The Bertz CT molecular complexity index is 563. The van der Waals surface area contributed by atoms with Gasteiger partial charge in [0.25, 0.3) is 10.2 Å². The molecule has 110 valence electrons. The Morgan fingerprint density at radius 2 is 2.10 bits per heavy atom. The van der Waals surface area contributed by atoms with Gasteiger partial charge in [-0.15, -0.1) is 0 Å². The topological polar surface area (TPSA) is 112 Å². The second kappa shape index (κ2) is 6.28. The maximum absolute atomic E-state index is 11.4. The molecular formula is C12H19N5O2S. The van der Waals surface area contributed by atoms with Crippen LogP contribution in [0.4, 0.5) is 0 Å². The molecule has 0 aromatic heterocycles. The monoisotopic (exact) mass is 297 g/mol. The number of nitriles is 1. The molecule has 7 nitrogen and oxygen atoms in total. The van der Waals surface area contributed by atoms with Gasteiger partial charge >= 0.3 is 0 Å². The molecule has 20 heavy (non-hydrogen) atoms. The minimum absolute atomic E-state index is 0.130. The summed E-state index contributed by atoms with van der Waals surface area (Å²) in [7, 11) is -2.25. The van der Waals surface area contributed by atoms with Gasteiger partial charge in [0.1, 0.15) is 6.54 Å². The molecule has 1 heterocycles. The Balaban J connectivity index is 0.000000267. The zero-order valence-electron chi connectivity index (χ0n) is 11.8. The largest absolute Gasteiger partial charge is 0.324 e. The van der Waals surface area contributed by atoms with E-state index >= 15 is 0 Å². The first kappa shape index (κ1) is 16.5. The van der Waals surface area contributed by atoms with E-state index in [1.807, 2.05) is 12.3 Å². The highest BCUT2D eigenvalue weighted by molar-refractivity contribution is 7.87. The summed E-state index contributed by atoms with van der Waals surface area (Å²) in [6.07, 6.45) is 1.87. The SMILES string of the molecule is CN(CC#N)S(=O)(=O)NCC(C)(C)N.c1cc2ncc1-2. The van der Waals surface area contributed by atoms with Crippen LogP contribution in [0.2, 0.25) is 0 Å². The Morgan fingerprint density at radius 1 is 1.50 bits per heavy atom. The minimum atomic E-state index is -3.57. The van der Waals surface area contributed by atoms with Crippen LogP contribution in [0.3, 0.4) is 0 Å². The molecule has 0 saturated carbocycles. The summed E-state index contributed by atoms with van der Waals surface area (Å²) < 4.78 is 26.0. The summed E-state index contributed by atoms with van der Waals surface area (Å²) >= 11 is 0. The van der Waals surface area contributed by atoms with Crippen LogP contribution in [0.1, 0.15) is 13.8 Å². The first-order valence-corrected chi connectivity index (χ1v) is 7.43. The Kier molecular flexibility index (Phi) is 5.19. The standard InChI is InChI=1S/C7H16N4O2S.C5H3N/c1-7(2,9)6-10-14(12,13)11(3)5-4-8;1-2-5-4(1)3-6-5/h10H,5-6,9H2,1-3H3;1-3H. The molecular weight excluding hydrogens is 278 g/mol. The lowest BCUT2D eigenvalue weighted by molar-refractivity contribution is 0.458. The van der Waals surface area contributed by atoms with Crippen molar-refractivity contribution in [1.29, 1.82) is 5.26 Å². The van der Waals surface area contributed by atoms with Crippen LogP contribution in [-0.2, 0) is 10.2 Å². The Labute approximate surface area is 119 Å². The highest BCUT2D eigenvalue weighted by Crippen LogP contribution is 2.25. The van der Waals surface area contributed by atoms with Gasteiger partial charge in [-0.05, 0) is 26.0 Å². The van der Waals surface area contributed by atoms with Crippen LogP contribution >= 0.6 is 0 Å². The van der Waals surface area contributed by atoms with Crippen LogP contribution in [0, 0.1) is 11.3 Å². The molecule has 0 saturated heterocycles. The third-order valence-corrected chi connectivity index (χ3v) is 3.93. The third kappa shape index (κ3) is 4.86. The Morgan fingerprint density at radius 3 is 2.35 bits per heavy atom. The van der Waals surface area contributed by atoms with E-state index in [1.54, 1.807) is 19.9 Å². The number of nitrogens with two attached hydrogens (primary N) is 1. The van der Waals surface area contributed by atoms with Crippen molar-refractivity contribution in [3.05, 3.63) is 18.3 Å². The van der Waals surface area contributed by atoms with Crippen molar-refractivity contribution in [2.45, 2.75) is 19.4 Å². The van der Waals surface area contributed by atoms with Crippen LogP contribution in [0.5, 0.6) is 0 Å². The van der Waals surface area contributed by atoms with E-state index in [0.29, 0.717) is 0 Å². The fourth-order valence-electron chi connectivity index (χ4n) is 1.13. The fourth-order valence-corrected chi connectivity index (χ4v) is 2.13. The van der Waals surface area contributed by atoms with Gasteiger partial charge in [-0.25, -0.2) is 4.72 Å². The summed E-state index contributed by atoms with van der Waals surface area (Å²) in [6.45, 7) is 3.37. The Hall–Kier alpha value is -1.53. The lowest BCUT2D eigenvalue weighted by Gasteiger charge is -2.21. The van der Waals surface area contributed by atoms with Crippen molar-refractivity contribution in [2.75, 3.05) is 20.1 Å². The highest BCUT2D eigenvalue weighted by atomic mass is 32.2. The fraction of sp³-hybridized carbons (Fsp3) is 0.500. The molecule has 0 spiro atoms. The van der Waals surface area contributed by atoms with Gasteiger partial charge in [-0.3, -0.25) is 4.98 Å². The number of hydrogen-bond acceptors (Lipinski definition) is 5. The predicted octanol–water partition coefficient (Wildman–Crippen LogP) is 0.0755. The van der Waals surface area contributed by atoms with Gasteiger partial charge in [-0.2, -0.15) is 18.0 Å². The van der Waals surface area contributed by atoms with Crippen LogP contribution in [0.25, 0.3) is 11.3 Å². The molecule has 8 heteroatoms. The molecule has 0 aromatic rings. The smallest absolute Gasteiger partial charge is 0.280 e. The second-order valence-corrected chi connectivity index (χ2v) is 7.02. The van der Waals surface area contributed by atoms with E-state index in [-0.39, 0.29) is 13.1 Å². The molecule has 0 fully saturated rings. The molecule has 0 amide bonds. The maximum atomic E-state index is 11.4. The summed E-state index contributed by atoms with van der Waals surface area (Å²) in [5, 5.41) is 8.32. The van der Waals surface area contributed by atoms with Crippen molar-refractivity contribution >= 4 is 10.2 Å². The first-order valence-electron chi connectivity index (χ1n) is 5.99. The summed E-state index contributed by atoms with van der Waals surface area (Å²) in [5.74, 6) is 0. The predicted molar refractivity (Wildman–Crippen MR) is 76.7 cm³/mol. The molecule has 1 aliphatic heterocycles. The van der Waals surface area contributed by atoms with E-state index in [2.05, 4.69) is 15.8 Å². The molecule has 0 unspecified atom stereocenters. The number of nitrogens with one attached hydrogen (secondary N) is 1. The minimum Gasteiger partial charge on any atom is -0.324 e. The van der Waals surface area contributed by atoms with Crippen molar-refractivity contribution in [1.82, 2.24) is 14.0 Å². The number of hydrogen-bond donors (Lipinski definition) is 2. The number of aromatic nitrogens is 1. The second-order valence-electron chi connectivity index (χ2n) is 5.16. The zero-order valence-corrected chi connectivity index (χ0v) is 12.6. The van der Waals surface area contributed by atoms with Gasteiger partial charge in [0.05, 0.1) is 11.8 Å². The van der Waals surface area contributed by atoms with Crippen molar-refractivity contribution in [2.24, 2.45) is 5.73 Å². The molecule has 0 radical (unpaired) electrons. The molecule has 2 aliphatic rings. The van der Waals surface area contributed by atoms with Crippen molar-refractivity contribution < 1.29 is 8.42 Å². The van der Waals surface area contributed by atoms with Gasteiger partial charge in [0.15, 0.2) is 0 Å². The number of rotatable bonds is 5.